The zero-order chi connectivity index (χ0) is 13.7. The first-order valence-electron chi connectivity index (χ1n) is 6.25. The van der Waals surface area contributed by atoms with E-state index >= 15 is 0 Å². The summed E-state index contributed by atoms with van der Waals surface area (Å²) in [5.41, 5.74) is 2.23. The van der Waals surface area contributed by atoms with Gasteiger partial charge in [0.1, 0.15) is 5.75 Å². The quantitative estimate of drug-likeness (QED) is 0.904. The molecule has 0 bridgehead atoms. The highest BCUT2D eigenvalue weighted by molar-refractivity contribution is 5.70. The molecule has 3 heteroatoms. The number of hydrogen-bond donors (Lipinski definition) is 1. The minimum atomic E-state index is -0.444. The largest absolute Gasteiger partial charge is 0.413 e. The topological polar surface area (TPSA) is 38.3 Å². The third-order valence-corrected chi connectivity index (χ3v) is 2.83. The lowest BCUT2D eigenvalue weighted by molar-refractivity contribution is 0.197. The molecule has 2 aromatic rings. The molecule has 1 N–H and O–H groups in total. The molecule has 0 unspecified atom stereocenters. The van der Waals surface area contributed by atoms with Crippen molar-refractivity contribution in [2.45, 2.75) is 19.9 Å². The van der Waals surface area contributed by atoms with Crippen LogP contribution in [0.3, 0.4) is 0 Å². The van der Waals surface area contributed by atoms with Gasteiger partial charge in [-0.1, -0.05) is 48.0 Å². The Balaban J connectivity index is 1.95. The monoisotopic (exact) mass is 255 g/mol. The van der Waals surface area contributed by atoms with Crippen LogP contribution in [-0.2, 0) is 0 Å². The zero-order valence-corrected chi connectivity index (χ0v) is 11.1. The van der Waals surface area contributed by atoms with E-state index in [9.17, 15) is 4.79 Å². The SMILES string of the molecule is Cc1cccc([C@@H](C)NC(=O)Oc2ccccc2)c1. The number of amides is 1. The highest BCUT2D eigenvalue weighted by Crippen LogP contribution is 2.14. The van der Waals surface area contributed by atoms with Gasteiger partial charge in [0.15, 0.2) is 0 Å². The number of hydrogen-bond acceptors (Lipinski definition) is 2. The molecule has 19 heavy (non-hydrogen) atoms. The number of rotatable bonds is 3. The third-order valence-electron chi connectivity index (χ3n) is 2.83. The van der Waals surface area contributed by atoms with E-state index in [0.29, 0.717) is 5.75 Å². The molecule has 0 fully saturated rings. The summed E-state index contributed by atoms with van der Waals surface area (Å²) in [4.78, 5) is 11.7. The maximum Gasteiger partial charge on any atom is 0.413 e. The van der Waals surface area contributed by atoms with Crippen LogP contribution in [0.15, 0.2) is 54.6 Å². The van der Waals surface area contributed by atoms with E-state index in [2.05, 4.69) is 5.32 Å². The van der Waals surface area contributed by atoms with Crippen LogP contribution in [0.2, 0.25) is 0 Å². The van der Waals surface area contributed by atoms with Crippen LogP contribution in [0, 0.1) is 6.92 Å². The highest BCUT2D eigenvalue weighted by Gasteiger charge is 2.10. The van der Waals surface area contributed by atoms with Crippen molar-refractivity contribution in [3.05, 3.63) is 65.7 Å². The first-order chi connectivity index (χ1) is 9.15. The number of nitrogens with one attached hydrogen (secondary N) is 1. The number of benzene rings is 2. The average molecular weight is 255 g/mol. The molecular formula is C16H17NO2. The molecule has 0 aliphatic heterocycles. The number of aryl methyl sites for hydroxylation is 1. The van der Waals surface area contributed by atoms with E-state index < -0.39 is 6.09 Å². The van der Waals surface area contributed by atoms with Gasteiger partial charge in [-0.3, -0.25) is 0 Å². The summed E-state index contributed by atoms with van der Waals surface area (Å²) in [6.07, 6.45) is -0.444. The van der Waals surface area contributed by atoms with Gasteiger partial charge >= 0.3 is 6.09 Å². The number of ether oxygens (including phenoxy) is 1. The van der Waals surface area contributed by atoms with Crippen LogP contribution in [0.4, 0.5) is 4.79 Å². The minimum Gasteiger partial charge on any atom is -0.410 e. The predicted molar refractivity (Wildman–Crippen MR) is 75.2 cm³/mol. The van der Waals surface area contributed by atoms with Gasteiger partial charge in [0, 0.05) is 0 Å². The molecule has 0 aromatic heterocycles. The lowest BCUT2D eigenvalue weighted by Gasteiger charge is -2.14. The van der Waals surface area contributed by atoms with Crippen LogP contribution in [0.1, 0.15) is 24.1 Å². The minimum absolute atomic E-state index is 0.0869. The van der Waals surface area contributed by atoms with Crippen molar-refractivity contribution in [1.82, 2.24) is 5.32 Å². The fourth-order valence-electron chi connectivity index (χ4n) is 1.82. The summed E-state index contributed by atoms with van der Waals surface area (Å²) in [6.45, 7) is 3.96. The van der Waals surface area contributed by atoms with Crippen molar-refractivity contribution in [2.24, 2.45) is 0 Å². The van der Waals surface area contributed by atoms with Gasteiger partial charge in [-0.05, 0) is 31.5 Å². The molecule has 0 saturated heterocycles. The number of para-hydroxylation sites is 1. The Morgan fingerprint density at radius 2 is 1.84 bits per heavy atom. The molecular weight excluding hydrogens is 238 g/mol. The van der Waals surface area contributed by atoms with Crippen molar-refractivity contribution in [2.75, 3.05) is 0 Å². The Morgan fingerprint density at radius 1 is 1.11 bits per heavy atom. The average Bonchev–Trinajstić information content (AvgIpc) is 2.39. The molecule has 1 amide bonds. The molecule has 0 aliphatic rings. The van der Waals surface area contributed by atoms with E-state index in [0.717, 1.165) is 5.56 Å². The van der Waals surface area contributed by atoms with Crippen LogP contribution in [0.5, 0.6) is 5.75 Å². The normalized spacial score (nSPS) is 11.7. The highest BCUT2D eigenvalue weighted by atomic mass is 16.6. The van der Waals surface area contributed by atoms with E-state index in [1.165, 1.54) is 5.56 Å². The van der Waals surface area contributed by atoms with Gasteiger partial charge in [0.2, 0.25) is 0 Å². The molecule has 0 radical (unpaired) electrons. The van der Waals surface area contributed by atoms with Crippen LogP contribution in [0.25, 0.3) is 0 Å². The predicted octanol–water partition coefficient (Wildman–Crippen LogP) is 3.84. The standard InChI is InChI=1S/C16H17NO2/c1-12-7-6-8-14(11-12)13(2)17-16(18)19-15-9-4-3-5-10-15/h3-11,13H,1-2H3,(H,17,18)/t13-/m1/s1. The smallest absolute Gasteiger partial charge is 0.410 e. The fourth-order valence-corrected chi connectivity index (χ4v) is 1.82. The van der Waals surface area contributed by atoms with Gasteiger partial charge in [-0.2, -0.15) is 0 Å². The van der Waals surface area contributed by atoms with E-state index in [-0.39, 0.29) is 6.04 Å². The summed E-state index contributed by atoms with van der Waals surface area (Å²) < 4.78 is 5.19. The molecule has 0 aliphatic carbocycles. The summed E-state index contributed by atoms with van der Waals surface area (Å²) in [7, 11) is 0. The van der Waals surface area contributed by atoms with Gasteiger partial charge in [0.05, 0.1) is 6.04 Å². The zero-order valence-electron chi connectivity index (χ0n) is 11.1. The van der Waals surface area contributed by atoms with Gasteiger partial charge in [0.25, 0.3) is 0 Å². The van der Waals surface area contributed by atoms with E-state index in [1.54, 1.807) is 12.1 Å². The fraction of sp³-hybridized carbons (Fsp3) is 0.188. The number of carbonyl (C=O) groups is 1. The molecule has 1 atom stereocenters. The Bertz CT molecular complexity index is 552. The second kappa shape index (κ2) is 6.05. The van der Waals surface area contributed by atoms with Crippen LogP contribution in [-0.4, -0.2) is 6.09 Å². The Morgan fingerprint density at radius 3 is 2.53 bits per heavy atom. The molecule has 2 rings (SSSR count). The molecule has 98 valence electrons. The van der Waals surface area contributed by atoms with Crippen molar-refractivity contribution in [3.63, 3.8) is 0 Å². The Hall–Kier alpha value is -2.29. The Labute approximate surface area is 113 Å². The molecule has 0 heterocycles. The maximum atomic E-state index is 11.7. The van der Waals surface area contributed by atoms with E-state index in [4.69, 9.17) is 4.74 Å². The summed E-state index contributed by atoms with van der Waals surface area (Å²) in [6, 6.07) is 17.0. The van der Waals surface area contributed by atoms with Gasteiger partial charge < -0.3 is 10.1 Å². The summed E-state index contributed by atoms with van der Waals surface area (Å²) in [5, 5.41) is 2.81. The van der Waals surface area contributed by atoms with Crippen molar-refractivity contribution >= 4 is 6.09 Å². The van der Waals surface area contributed by atoms with Gasteiger partial charge in [-0.15, -0.1) is 0 Å². The second-order valence-corrected chi connectivity index (χ2v) is 4.48. The van der Waals surface area contributed by atoms with Crippen molar-refractivity contribution in [1.29, 1.82) is 0 Å². The maximum absolute atomic E-state index is 11.7. The second-order valence-electron chi connectivity index (χ2n) is 4.48. The lowest BCUT2D eigenvalue weighted by Crippen LogP contribution is -2.29. The van der Waals surface area contributed by atoms with E-state index in [1.807, 2.05) is 56.3 Å². The summed E-state index contributed by atoms with van der Waals surface area (Å²) in [5.74, 6) is 0.538. The molecule has 3 nitrogen and oxygen atoms in total. The first kappa shape index (κ1) is 13.1. The number of carbonyl (C=O) groups excluding carboxylic acids is 1. The summed E-state index contributed by atoms with van der Waals surface area (Å²) >= 11 is 0. The Kier molecular flexibility index (Phi) is 4.18. The van der Waals surface area contributed by atoms with Crippen LogP contribution >= 0.6 is 0 Å². The van der Waals surface area contributed by atoms with Crippen LogP contribution < -0.4 is 10.1 Å². The molecule has 0 saturated carbocycles. The van der Waals surface area contributed by atoms with Gasteiger partial charge in [-0.25, -0.2) is 4.79 Å². The van der Waals surface area contributed by atoms with Crippen molar-refractivity contribution in [3.8, 4) is 5.75 Å². The van der Waals surface area contributed by atoms with Crippen molar-refractivity contribution < 1.29 is 9.53 Å². The molecule has 0 spiro atoms. The third kappa shape index (κ3) is 3.85. The lowest BCUT2D eigenvalue weighted by atomic mass is 10.1. The first-order valence-corrected chi connectivity index (χ1v) is 6.25. The molecule has 2 aromatic carbocycles.